The minimum Gasteiger partial charge on any atom is -0.365 e. The average Bonchev–Trinajstić information content (AvgIpc) is 3.17. The second-order valence-electron chi connectivity index (χ2n) is 7.77. The SMILES string of the molecule is O=c1c2cc(Cl)ccc2sc2c(NC3Cc4ccccc4C3)nc3ccccc3c12. The van der Waals surface area contributed by atoms with Crippen LogP contribution in [0.2, 0.25) is 5.02 Å². The summed E-state index contributed by atoms with van der Waals surface area (Å²) in [6, 6.07) is 22.2. The summed E-state index contributed by atoms with van der Waals surface area (Å²) in [7, 11) is 0. The number of hydrogen-bond acceptors (Lipinski definition) is 4. The third-order valence-electron chi connectivity index (χ3n) is 5.86. The van der Waals surface area contributed by atoms with Crippen molar-refractivity contribution in [1.82, 2.24) is 4.98 Å². The number of para-hydroxylation sites is 1. The first-order valence-corrected chi connectivity index (χ1v) is 11.1. The van der Waals surface area contributed by atoms with Crippen LogP contribution >= 0.6 is 22.9 Å². The normalized spacial score (nSPS) is 13.9. The molecular formula is C25H17ClN2OS. The molecule has 0 saturated heterocycles. The van der Waals surface area contributed by atoms with Crippen LogP contribution in [0.25, 0.3) is 31.1 Å². The summed E-state index contributed by atoms with van der Waals surface area (Å²) < 4.78 is 1.83. The van der Waals surface area contributed by atoms with Crippen molar-refractivity contribution in [1.29, 1.82) is 0 Å². The predicted octanol–water partition coefficient (Wildman–Crippen LogP) is 6.20. The number of rotatable bonds is 2. The number of nitrogens with one attached hydrogen (secondary N) is 1. The molecule has 2 aromatic heterocycles. The summed E-state index contributed by atoms with van der Waals surface area (Å²) in [6.45, 7) is 0. The standard InChI is InChI=1S/C25H17ClN2OS/c26-16-9-10-21-19(13-16)23(29)22-18-7-3-4-8-20(18)28-25(24(22)30-21)27-17-11-14-5-1-2-6-15(14)12-17/h1-10,13,17H,11-12H2,(H,27,28). The smallest absolute Gasteiger partial charge is 0.196 e. The zero-order chi connectivity index (χ0) is 20.2. The van der Waals surface area contributed by atoms with Gasteiger partial charge in [-0.3, -0.25) is 4.79 Å². The summed E-state index contributed by atoms with van der Waals surface area (Å²) in [5.74, 6) is 0.792. The predicted molar refractivity (Wildman–Crippen MR) is 127 cm³/mol. The Morgan fingerprint density at radius 2 is 1.67 bits per heavy atom. The van der Waals surface area contributed by atoms with Crippen molar-refractivity contribution in [2.45, 2.75) is 18.9 Å². The summed E-state index contributed by atoms with van der Waals surface area (Å²) in [6.07, 6.45) is 1.93. The van der Waals surface area contributed by atoms with Crippen molar-refractivity contribution in [2.24, 2.45) is 0 Å². The first-order valence-electron chi connectivity index (χ1n) is 9.95. The molecular weight excluding hydrogens is 412 g/mol. The van der Waals surface area contributed by atoms with Gasteiger partial charge in [-0.25, -0.2) is 4.98 Å². The molecule has 2 heterocycles. The van der Waals surface area contributed by atoms with Crippen LogP contribution in [0.5, 0.6) is 0 Å². The molecule has 5 heteroatoms. The monoisotopic (exact) mass is 428 g/mol. The zero-order valence-corrected chi connectivity index (χ0v) is 17.6. The van der Waals surface area contributed by atoms with Crippen molar-refractivity contribution >= 4 is 59.8 Å². The van der Waals surface area contributed by atoms with E-state index in [0.29, 0.717) is 10.4 Å². The van der Waals surface area contributed by atoms with Crippen LogP contribution in [-0.4, -0.2) is 11.0 Å². The number of halogens is 1. The Hall–Kier alpha value is -2.95. The van der Waals surface area contributed by atoms with Crippen molar-refractivity contribution in [3.05, 3.63) is 93.1 Å². The molecule has 0 radical (unpaired) electrons. The van der Waals surface area contributed by atoms with E-state index in [1.807, 2.05) is 36.4 Å². The summed E-state index contributed by atoms with van der Waals surface area (Å²) in [4.78, 5) is 18.4. The van der Waals surface area contributed by atoms with Crippen LogP contribution in [0, 0.1) is 0 Å². The lowest BCUT2D eigenvalue weighted by atomic mass is 10.1. The van der Waals surface area contributed by atoms with Crippen molar-refractivity contribution in [3.63, 3.8) is 0 Å². The van der Waals surface area contributed by atoms with Gasteiger partial charge in [-0.2, -0.15) is 0 Å². The molecule has 0 fully saturated rings. The second-order valence-corrected chi connectivity index (χ2v) is 9.26. The van der Waals surface area contributed by atoms with Gasteiger partial charge < -0.3 is 5.32 Å². The third kappa shape index (κ3) is 2.79. The van der Waals surface area contributed by atoms with E-state index in [2.05, 4.69) is 29.6 Å². The van der Waals surface area contributed by atoms with Gasteiger partial charge in [-0.15, -0.1) is 11.3 Å². The van der Waals surface area contributed by atoms with Gasteiger partial charge in [0.1, 0.15) is 5.82 Å². The maximum absolute atomic E-state index is 13.5. The van der Waals surface area contributed by atoms with Gasteiger partial charge in [0.2, 0.25) is 0 Å². The van der Waals surface area contributed by atoms with Crippen molar-refractivity contribution in [3.8, 4) is 0 Å². The molecule has 0 aliphatic heterocycles. The van der Waals surface area contributed by atoms with E-state index in [1.54, 1.807) is 17.4 Å². The number of anilines is 1. The number of nitrogens with zero attached hydrogens (tertiary/aromatic N) is 1. The number of pyridine rings is 1. The Kier molecular flexibility index (Phi) is 4.05. The largest absolute Gasteiger partial charge is 0.365 e. The Bertz CT molecular complexity index is 1500. The maximum atomic E-state index is 13.5. The van der Waals surface area contributed by atoms with E-state index in [9.17, 15) is 4.79 Å². The van der Waals surface area contributed by atoms with Gasteiger partial charge >= 0.3 is 0 Å². The molecule has 1 N–H and O–H groups in total. The molecule has 5 aromatic rings. The van der Waals surface area contributed by atoms with E-state index in [-0.39, 0.29) is 11.5 Å². The zero-order valence-electron chi connectivity index (χ0n) is 16.0. The Labute approximate surface area is 182 Å². The molecule has 30 heavy (non-hydrogen) atoms. The Balaban J connectivity index is 1.59. The number of hydrogen-bond donors (Lipinski definition) is 1. The number of fused-ring (bicyclic) bond motifs is 5. The lowest BCUT2D eigenvalue weighted by Crippen LogP contribution is -2.20. The molecule has 146 valence electrons. The third-order valence-corrected chi connectivity index (χ3v) is 7.28. The molecule has 1 aliphatic rings. The van der Waals surface area contributed by atoms with Crippen LogP contribution < -0.4 is 10.7 Å². The number of benzene rings is 3. The van der Waals surface area contributed by atoms with Gasteiger partial charge in [0.15, 0.2) is 5.43 Å². The van der Waals surface area contributed by atoms with Gasteiger partial charge in [-0.1, -0.05) is 54.1 Å². The lowest BCUT2D eigenvalue weighted by Gasteiger charge is -2.16. The van der Waals surface area contributed by atoms with Crippen LogP contribution in [0.3, 0.4) is 0 Å². The highest BCUT2D eigenvalue weighted by atomic mass is 35.5. The topological polar surface area (TPSA) is 42.0 Å². The van der Waals surface area contributed by atoms with Gasteiger partial charge in [0.25, 0.3) is 0 Å². The summed E-state index contributed by atoms with van der Waals surface area (Å²) in [5.41, 5.74) is 3.60. The fourth-order valence-corrected chi connectivity index (χ4v) is 5.78. The first-order chi connectivity index (χ1) is 14.7. The quantitative estimate of drug-likeness (QED) is 0.269. The highest BCUT2D eigenvalue weighted by Crippen LogP contribution is 2.36. The molecule has 0 amide bonds. The van der Waals surface area contributed by atoms with E-state index in [4.69, 9.17) is 16.6 Å². The first kappa shape index (κ1) is 17.9. The fourth-order valence-electron chi connectivity index (χ4n) is 4.48. The van der Waals surface area contributed by atoms with Crippen LogP contribution in [-0.2, 0) is 12.8 Å². The molecule has 3 aromatic carbocycles. The molecule has 1 aliphatic carbocycles. The van der Waals surface area contributed by atoms with Crippen molar-refractivity contribution < 1.29 is 0 Å². The fraction of sp³-hybridized carbons (Fsp3) is 0.120. The molecule has 6 rings (SSSR count). The van der Waals surface area contributed by atoms with Crippen molar-refractivity contribution in [2.75, 3.05) is 5.32 Å². The Morgan fingerprint density at radius 3 is 2.47 bits per heavy atom. The van der Waals surface area contributed by atoms with E-state index >= 15 is 0 Å². The highest BCUT2D eigenvalue weighted by Gasteiger charge is 2.23. The van der Waals surface area contributed by atoms with E-state index in [0.717, 1.165) is 44.3 Å². The number of aromatic nitrogens is 1. The minimum absolute atomic E-state index is 0.0117. The molecule has 0 unspecified atom stereocenters. The highest BCUT2D eigenvalue weighted by molar-refractivity contribution is 7.25. The summed E-state index contributed by atoms with van der Waals surface area (Å²) in [5, 5.41) is 6.50. The lowest BCUT2D eigenvalue weighted by molar-refractivity contribution is 0.771. The maximum Gasteiger partial charge on any atom is 0.196 e. The second kappa shape index (κ2) is 6.79. The van der Waals surface area contributed by atoms with E-state index in [1.165, 1.54) is 11.1 Å². The van der Waals surface area contributed by atoms with Crippen LogP contribution in [0.15, 0.2) is 71.5 Å². The minimum atomic E-state index is 0.0117. The van der Waals surface area contributed by atoms with Gasteiger partial charge in [0, 0.05) is 26.5 Å². The van der Waals surface area contributed by atoms with E-state index < -0.39 is 0 Å². The molecule has 0 spiro atoms. The average molecular weight is 429 g/mol. The molecule has 3 nitrogen and oxygen atoms in total. The Morgan fingerprint density at radius 1 is 0.933 bits per heavy atom. The molecule has 0 bridgehead atoms. The van der Waals surface area contributed by atoms with Crippen LogP contribution in [0.1, 0.15) is 11.1 Å². The summed E-state index contributed by atoms with van der Waals surface area (Å²) >= 11 is 7.79. The van der Waals surface area contributed by atoms with Crippen LogP contribution in [0.4, 0.5) is 5.82 Å². The van der Waals surface area contributed by atoms with Gasteiger partial charge in [-0.05, 0) is 48.2 Å². The molecule has 0 atom stereocenters. The van der Waals surface area contributed by atoms with Gasteiger partial charge in [0.05, 0.1) is 15.6 Å². The molecule has 0 saturated carbocycles.